The maximum Gasteiger partial charge on any atom is 0.404 e. The van der Waals surface area contributed by atoms with Gasteiger partial charge in [-0.15, -0.1) is 0 Å². The van der Waals surface area contributed by atoms with Crippen LogP contribution in [0.2, 0.25) is 0 Å². The molecule has 1 aliphatic rings. The lowest BCUT2D eigenvalue weighted by Crippen LogP contribution is -2.58. The highest BCUT2D eigenvalue weighted by molar-refractivity contribution is 5.91. The van der Waals surface area contributed by atoms with Gasteiger partial charge in [-0.05, 0) is 43.9 Å². The summed E-state index contributed by atoms with van der Waals surface area (Å²) in [5, 5.41) is 25.2. The number of nitrogens with one attached hydrogen (secondary N) is 2. The van der Waals surface area contributed by atoms with Gasteiger partial charge in [0, 0.05) is 6.54 Å². The Hall–Kier alpha value is -3.43. The third-order valence-electron chi connectivity index (χ3n) is 6.03. The molecule has 1 heterocycles. The standard InChI is InChI=1S/C25H31N3O6/c1-16-9-7-8-12-18(16)14-26-22(30)21-25(2,3)34-15-28(21)23(31)20(29)19(27-24(32)33)13-17-10-5-4-6-11-17/h4-12,19-21,27,29H,13-15H2,1-3H3,(H,26,30)(H,32,33)/t19-,20-,21+/m0/s1. The van der Waals surface area contributed by atoms with Gasteiger partial charge in [0.05, 0.1) is 11.6 Å². The van der Waals surface area contributed by atoms with Gasteiger partial charge in [0.15, 0.2) is 6.10 Å². The second kappa shape index (κ2) is 10.7. The predicted octanol–water partition coefficient (Wildman–Crippen LogP) is 1.81. The van der Waals surface area contributed by atoms with E-state index in [0.29, 0.717) is 0 Å². The quantitative estimate of drug-likeness (QED) is 0.467. The van der Waals surface area contributed by atoms with Gasteiger partial charge in [-0.3, -0.25) is 9.59 Å². The number of carboxylic acid groups (broad SMARTS) is 1. The second-order valence-corrected chi connectivity index (χ2v) is 8.92. The number of hydrogen-bond donors (Lipinski definition) is 4. The molecule has 3 amide bonds. The Bertz CT molecular complexity index is 1030. The molecule has 34 heavy (non-hydrogen) atoms. The third-order valence-corrected chi connectivity index (χ3v) is 6.03. The van der Waals surface area contributed by atoms with E-state index in [4.69, 9.17) is 4.74 Å². The summed E-state index contributed by atoms with van der Waals surface area (Å²) in [5.74, 6) is -1.20. The lowest BCUT2D eigenvalue weighted by molar-refractivity contribution is -0.147. The van der Waals surface area contributed by atoms with Crippen LogP contribution >= 0.6 is 0 Å². The van der Waals surface area contributed by atoms with Crippen LogP contribution in [-0.4, -0.2) is 63.5 Å². The molecule has 0 spiro atoms. The molecule has 3 rings (SSSR count). The maximum atomic E-state index is 13.3. The zero-order valence-electron chi connectivity index (χ0n) is 19.5. The van der Waals surface area contributed by atoms with Crippen molar-refractivity contribution in [2.45, 2.75) is 57.5 Å². The molecular weight excluding hydrogens is 438 g/mol. The Morgan fingerprint density at radius 1 is 1.12 bits per heavy atom. The summed E-state index contributed by atoms with van der Waals surface area (Å²) >= 11 is 0. The summed E-state index contributed by atoms with van der Waals surface area (Å²) in [6, 6.07) is 14.5. The number of ether oxygens (including phenoxy) is 1. The van der Waals surface area contributed by atoms with Crippen molar-refractivity contribution < 1.29 is 29.3 Å². The molecular formula is C25H31N3O6. The van der Waals surface area contributed by atoms with Gasteiger partial charge < -0.3 is 30.5 Å². The minimum absolute atomic E-state index is 0.0995. The maximum absolute atomic E-state index is 13.3. The number of carbonyl (C=O) groups excluding carboxylic acids is 2. The summed E-state index contributed by atoms with van der Waals surface area (Å²) in [5.41, 5.74) is 1.72. The highest BCUT2D eigenvalue weighted by atomic mass is 16.5. The van der Waals surface area contributed by atoms with Crippen molar-refractivity contribution in [1.82, 2.24) is 15.5 Å². The van der Waals surface area contributed by atoms with Gasteiger partial charge in [-0.1, -0.05) is 54.6 Å². The van der Waals surface area contributed by atoms with E-state index in [1.807, 2.05) is 37.3 Å². The van der Waals surface area contributed by atoms with Gasteiger partial charge in [-0.2, -0.15) is 0 Å². The van der Waals surface area contributed by atoms with Crippen molar-refractivity contribution in [3.63, 3.8) is 0 Å². The average molecular weight is 470 g/mol. The van der Waals surface area contributed by atoms with E-state index < -0.39 is 41.7 Å². The number of benzene rings is 2. The Morgan fingerprint density at radius 3 is 2.41 bits per heavy atom. The summed E-state index contributed by atoms with van der Waals surface area (Å²) < 4.78 is 5.71. The van der Waals surface area contributed by atoms with Crippen molar-refractivity contribution in [3.05, 3.63) is 71.3 Å². The number of carbonyl (C=O) groups is 3. The monoisotopic (exact) mass is 469 g/mol. The van der Waals surface area contributed by atoms with E-state index in [0.717, 1.165) is 16.7 Å². The molecule has 3 atom stereocenters. The van der Waals surface area contributed by atoms with Crippen LogP contribution in [0.15, 0.2) is 54.6 Å². The van der Waals surface area contributed by atoms with E-state index >= 15 is 0 Å². The molecule has 0 radical (unpaired) electrons. The molecule has 0 saturated carbocycles. The average Bonchev–Trinajstić information content (AvgIpc) is 3.12. The molecule has 1 aliphatic heterocycles. The first-order valence-corrected chi connectivity index (χ1v) is 11.1. The minimum Gasteiger partial charge on any atom is -0.465 e. The highest BCUT2D eigenvalue weighted by Crippen LogP contribution is 2.29. The molecule has 9 nitrogen and oxygen atoms in total. The fourth-order valence-corrected chi connectivity index (χ4v) is 4.11. The van der Waals surface area contributed by atoms with Crippen LogP contribution in [0.4, 0.5) is 4.79 Å². The van der Waals surface area contributed by atoms with Gasteiger partial charge in [0.1, 0.15) is 12.8 Å². The molecule has 0 aromatic heterocycles. The van der Waals surface area contributed by atoms with Gasteiger partial charge in [0.25, 0.3) is 5.91 Å². The van der Waals surface area contributed by atoms with Crippen molar-refractivity contribution in [1.29, 1.82) is 0 Å². The molecule has 4 N–H and O–H groups in total. The molecule has 9 heteroatoms. The number of aliphatic hydroxyl groups excluding tert-OH is 1. The van der Waals surface area contributed by atoms with Crippen LogP contribution < -0.4 is 10.6 Å². The first kappa shape index (κ1) is 25.2. The smallest absolute Gasteiger partial charge is 0.404 e. The molecule has 1 saturated heterocycles. The van der Waals surface area contributed by atoms with Crippen LogP contribution in [0, 0.1) is 6.92 Å². The lowest BCUT2D eigenvalue weighted by Gasteiger charge is -2.32. The molecule has 2 aromatic rings. The molecule has 2 aromatic carbocycles. The lowest BCUT2D eigenvalue weighted by atomic mass is 9.95. The Kier molecular flexibility index (Phi) is 7.90. The normalized spacial score (nSPS) is 18.7. The van der Waals surface area contributed by atoms with Crippen LogP contribution in [0.25, 0.3) is 0 Å². The van der Waals surface area contributed by atoms with E-state index in [1.54, 1.807) is 38.1 Å². The zero-order valence-corrected chi connectivity index (χ0v) is 19.5. The van der Waals surface area contributed by atoms with Crippen molar-refractivity contribution >= 4 is 17.9 Å². The highest BCUT2D eigenvalue weighted by Gasteiger charge is 2.50. The number of amides is 3. The third kappa shape index (κ3) is 5.92. The summed E-state index contributed by atoms with van der Waals surface area (Å²) in [7, 11) is 0. The number of hydrogen-bond acceptors (Lipinski definition) is 5. The van der Waals surface area contributed by atoms with Crippen molar-refractivity contribution in [2.24, 2.45) is 0 Å². The largest absolute Gasteiger partial charge is 0.465 e. The van der Waals surface area contributed by atoms with Gasteiger partial charge in [-0.25, -0.2) is 4.79 Å². The number of nitrogens with zero attached hydrogens (tertiary/aromatic N) is 1. The Balaban J connectivity index is 1.76. The van der Waals surface area contributed by atoms with E-state index in [-0.39, 0.29) is 19.7 Å². The van der Waals surface area contributed by atoms with E-state index in [1.165, 1.54) is 4.90 Å². The molecule has 0 aliphatic carbocycles. The molecule has 1 fully saturated rings. The summed E-state index contributed by atoms with van der Waals surface area (Å²) in [6.45, 7) is 5.41. The van der Waals surface area contributed by atoms with Crippen LogP contribution in [0.5, 0.6) is 0 Å². The van der Waals surface area contributed by atoms with Crippen molar-refractivity contribution in [2.75, 3.05) is 6.73 Å². The van der Waals surface area contributed by atoms with Gasteiger partial charge >= 0.3 is 6.09 Å². The van der Waals surface area contributed by atoms with Crippen LogP contribution in [0.3, 0.4) is 0 Å². The van der Waals surface area contributed by atoms with E-state index in [2.05, 4.69) is 10.6 Å². The first-order chi connectivity index (χ1) is 16.1. The summed E-state index contributed by atoms with van der Waals surface area (Å²) in [6.07, 6.45) is -2.97. The van der Waals surface area contributed by atoms with E-state index in [9.17, 15) is 24.6 Å². The number of aryl methyl sites for hydroxylation is 1. The Labute approximate surface area is 198 Å². The summed E-state index contributed by atoms with van der Waals surface area (Å²) in [4.78, 5) is 38.9. The molecule has 0 bridgehead atoms. The molecule has 0 unspecified atom stereocenters. The fourth-order valence-electron chi connectivity index (χ4n) is 4.11. The fraction of sp³-hybridized carbons (Fsp3) is 0.400. The van der Waals surface area contributed by atoms with Gasteiger partial charge in [0.2, 0.25) is 5.91 Å². The first-order valence-electron chi connectivity index (χ1n) is 11.1. The second-order valence-electron chi connectivity index (χ2n) is 8.92. The predicted molar refractivity (Wildman–Crippen MR) is 125 cm³/mol. The van der Waals surface area contributed by atoms with Crippen LogP contribution in [0.1, 0.15) is 30.5 Å². The zero-order chi connectivity index (χ0) is 24.9. The Morgan fingerprint density at radius 2 is 1.76 bits per heavy atom. The topological polar surface area (TPSA) is 128 Å². The number of aliphatic hydroxyl groups is 1. The van der Waals surface area contributed by atoms with Crippen molar-refractivity contribution in [3.8, 4) is 0 Å². The minimum atomic E-state index is -1.71. The SMILES string of the molecule is Cc1ccccc1CNC(=O)[C@H]1N(C(=O)[C@@H](O)[C@H](Cc2ccccc2)NC(=O)O)COC1(C)C. The number of rotatable bonds is 8. The molecule has 182 valence electrons. The van der Waals surface area contributed by atoms with Crippen LogP contribution in [-0.2, 0) is 27.3 Å².